The van der Waals surface area contributed by atoms with Crippen LogP contribution < -0.4 is 9.80 Å². The van der Waals surface area contributed by atoms with Crippen LogP contribution in [0.3, 0.4) is 0 Å². The normalized spacial score (nSPS) is 14.9. The Morgan fingerprint density at radius 1 is 0.846 bits per heavy atom. The molecule has 0 radical (unpaired) electrons. The van der Waals surface area contributed by atoms with E-state index in [1.54, 1.807) is 29.0 Å². The first-order valence-corrected chi connectivity index (χ1v) is 10.3. The van der Waals surface area contributed by atoms with Crippen LogP contribution in [0.1, 0.15) is 0 Å². The monoisotopic (exact) mass is 379 g/mol. The van der Waals surface area contributed by atoms with Crippen molar-refractivity contribution in [2.24, 2.45) is 0 Å². The highest BCUT2D eigenvalue weighted by molar-refractivity contribution is 7.17. The molecule has 1 fully saturated rings. The van der Waals surface area contributed by atoms with Crippen molar-refractivity contribution in [1.29, 1.82) is 0 Å². The highest BCUT2D eigenvalue weighted by Crippen LogP contribution is 2.38. The molecule has 0 N–H and O–H groups in total. The highest BCUT2D eigenvalue weighted by atomic mass is 32.1. The number of nitrogens with zero attached hydrogens (tertiary/aromatic N) is 5. The van der Waals surface area contributed by atoms with Gasteiger partial charge in [0, 0.05) is 48.7 Å². The van der Waals surface area contributed by atoms with Crippen molar-refractivity contribution in [2.75, 3.05) is 36.0 Å². The molecule has 0 atom stereocenters. The van der Waals surface area contributed by atoms with Crippen LogP contribution in [0.25, 0.3) is 21.3 Å². The number of rotatable bonds is 3. The van der Waals surface area contributed by atoms with Gasteiger partial charge < -0.3 is 9.80 Å². The van der Waals surface area contributed by atoms with Gasteiger partial charge in [0.25, 0.3) is 0 Å². The fourth-order valence-corrected chi connectivity index (χ4v) is 5.02. The molecule has 0 bridgehead atoms. The third-order valence-electron chi connectivity index (χ3n) is 4.70. The fourth-order valence-electron chi connectivity index (χ4n) is 3.41. The van der Waals surface area contributed by atoms with E-state index in [0.29, 0.717) is 0 Å². The Morgan fingerprint density at radius 2 is 1.65 bits per heavy atom. The minimum atomic E-state index is 0.940. The van der Waals surface area contributed by atoms with Gasteiger partial charge in [0.2, 0.25) is 0 Å². The molecule has 26 heavy (non-hydrogen) atoms. The Bertz CT molecular complexity index is 1010. The molecule has 0 spiro atoms. The summed E-state index contributed by atoms with van der Waals surface area (Å²) in [5.41, 5.74) is 2.44. The average molecular weight is 380 g/mol. The van der Waals surface area contributed by atoms with Gasteiger partial charge in [-0.15, -0.1) is 22.7 Å². The largest absolute Gasteiger partial charge is 0.352 e. The molecule has 130 valence electrons. The summed E-state index contributed by atoms with van der Waals surface area (Å²) in [5.74, 6) is 1.05. The van der Waals surface area contributed by atoms with Crippen molar-refractivity contribution >= 4 is 43.8 Å². The molecule has 0 amide bonds. The molecule has 0 aliphatic carbocycles. The topological polar surface area (TPSA) is 45.2 Å². The SMILES string of the molecule is c1ccc(-c2csc3ncnc(N4CCN(c5nccs5)CC4)c23)cc1. The van der Waals surface area contributed by atoms with E-state index in [0.717, 1.165) is 42.0 Å². The van der Waals surface area contributed by atoms with Crippen molar-refractivity contribution in [3.63, 3.8) is 0 Å². The Morgan fingerprint density at radius 3 is 2.42 bits per heavy atom. The summed E-state index contributed by atoms with van der Waals surface area (Å²) >= 11 is 3.39. The van der Waals surface area contributed by atoms with E-state index in [9.17, 15) is 0 Å². The minimum Gasteiger partial charge on any atom is -0.352 e. The number of piperazine rings is 1. The number of thiophene rings is 1. The van der Waals surface area contributed by atoms with Crippen molar-refractivity contribution in [2.45, 2.75) is 0 Å². The Kier molecular flexibility index (Phi) is 4.03. The van der Waals surface area contributed by atoms with Gasteiger partial charge in [-0.3, -0.25) is 0 Å². The maximum absolute atomic E-state index is 4.67. The van der Waals surface area contributed by atoms with Crippen molar-refractivity contribution in [3.8, 4) is 11.1 Å². The smallest absolute Gasteiger partial charge is 0.185 e. The third kappa shape index (κ3) is 2.73. The fraction of sp³-hybridized carbons (Fsp3) is 0.211. The van der Waals surface area contributed by atoms with Crippen LogP contribution in [0.5, 0.6) is 0 Å². The Hall–Kier alpha value is -2.51. The van der Waals surface area contributed by atoms with Crippen LogP contribution >= 0.6 is 22.7 Å². The zero-order valence-electron chi connectivity index (χ0n) is 14.1. The van der Waals surface area contributed by atoms with E-state index in [-0.39, 0.29) is 0 Å². The average Bonchev–Trinajstić information content (AvgIpc) is 3.39. The molecule has 1 saturated heterocycles. The lowest BCUT2D eigenvalue weighted by atomic mass is 10.1. The van der Waals surface area contributed by atoms with E-state index in [1.807, 2.05) is 17.6 Å². The second kappa shape index (κ2) is 6.66. The van der Waals surface area contributed by atoms with Crippen LogP contribution in [0.2, 0.25) is 0 Å². The lowest BCUT2D eigenvalue weighted by molar-refractivity contribution is 0.647. The summed E-state index contributed by atoms with van der Waals surface area (Å²) in [6.45, 7) is 3.80. The zero-order chi connectivity index (χ0) is 17.3. The lowest BCUT2D eigenvalue weighted by Gasteiger charge is -2.35. The zero-order valence-corrected chi connectivity index (χ0v) is 15.7. The molecule has 5 nitrogen and oxygen atoms in total. The molecule has 0 saturated carbocycles. The van der Waals surface area contributed by atoms with Gasteiger partial charge in [0.1, 0.15) is 17.0 Å². The number of aromatic nitrogens is 3. The molecular formula is C19H17N5S2. The van der Waals surface area contributed by atoms with Gasteiger partial charge in [-0.2, -0.15) is 0 Å². The van der Waals surface area contributed by atoms with Crippen LogP contribution in [-0.4, -0.2) is 41.1 Å². The van der Waals surface area contributed by atoms with E-state index >= 15 is 0 Å². The first-order valence-electron chi connectivity index (χ1n) is 8.57. The predicted molar refractivity (Wildman–Crippen MR) is 109 cm³/mol. The number of hydrogen-bond acceptors (Lipinski definition) is 7. The van der Waals surface area contributed by atoms with Crippen LogP contribution in [0, 0.1) is 0 Å². The molecular weight excluding hydrogens is 362 g/mol. The maximum Gasteiger partial charge on any atom is 0.185 e. The van der Waals surface area contributed by atoms with Crippen LogP contribution in [-0.2, 0) is 0 Å². The van der Waals surface area contributed by atoms with Gasteiger partial charge >= 0.3 is 0 Å². The van der Waals surface area contributed by atoms with Gasteiger partial charge in [0.15, 0.2) is 5.13 Å². The number of hydrogen-bond donors (Lipinski definition) is 0. The number of benzene rings is 1. The molecule has 0 unspecified atom stereocenters. The standard InChI is InChI=1S/C19H17N5S2/c1-2-4-14(5-3-1)15-12-26-18-16(15)17(21-13-22-18)23-7-9-24(10-8-23)19-20-6-11-25-19/h1-6,11-13H,7-10H2. The number of fused-ring (bicyclic) bond motifs is 1. The molecule has 5 rings (SSSR count). The maximum atomic E-state index is 4.67. The Balaban J connectivity index is 1.49. The summed E-state index contributed by atoms with van der Waals surface area (Å²) in [5, 5.41) is 6.52. The van der Waals surface area contributed by atoms with Gasteiger partial charge in [-0.25, -0.2) is 15.0 Å². The first kappa shape index (κ1) is 15.7. The second-order valence-corrected chi connectivity index (χ2v) is 7.91. The van der Waals surface area contributed by atoms with Crippen molar-refractivity contribution < 1.29 is 0 Å². The molecule has 7 heteroatoms. The summed E-state index contributed by atoms with van der Waals surface area (Å²) in [6.07, 6.45) is 3.56. The molecule has 1 aliphatic heterocycles. The van der Waals surface area contributed by atoms with Crippen LogP contribution in [0.15, 0.2) is 53.6 Å². The van der Waals surface area contributed by atoms with Gasteiger partial charge in [-0.05, 0) is 5.56 Å². The van der Waals surface area contributed by atoms with E-state index in [2.05, 4.69) is 54.4 Å². The molecule has 3 aromatic heterocycles. The molecule has 1 aliphatic rings. The molecule has 1 aromatic carbocycles. The molecule has 4 heterocycles. The van der Waals surface area contributed by atoms with Crippen LogP contribution in [0.4, 0.5) is 10.9 Å². The summed E-state index contributed by atoms with van der Waals surface area (Å²) in [6, 6.07) is 10.5. The summed E-state index contributed by atoms with van der Waals surface area (Å²) in [7, 11) is 0. The van der Waals surface area contributed by atoms with E-state index in [4.69, 9.17) is 0 Å². The third-order valence-corrected chi connectivity index (χ3v) is 6.42. The van der Waals surface area contributed by atoms with Gasteiger partial charge in [0.05, 0.1) is 5.39 Å². The second-order valence-electron chi connectivity index (χ2n) is 6.18. The number of anilines is 2. The first-order chi connectivity index (χ1) is 12.9. The lowest BCUT2D eigenvalue weighted by Crippen LogP contribution is -2.46. The van der Waals surface area contributed by atoms with Crippen molar-refractivity contribution in [1.82, 2.24) is 15.0 Å². The minimum absolute atomic E-state index is 0.940. The van der Waals surface area contributed by atoms with Gasteiger partial charge in [-0.1, -0.05) is 30.3 Å². The number of thiazole rings is 1. The quantitative estimate of drug-likeness (QED) is 0.535. The Labute approximate surface area is 159 Å². The summed E-state index contributed by atoms with van der Waals surface area (Å²) in [4.78, 5) is 19.4. The van der Waals surface area contributed by atoms with E-state index < -0.39 is 0 Å². The molecule has 4 aromatic rings. The predicted octanol–water partition coefficient (Wildman–Crippen LogP) is 4.14. The highest BCUT2D eigenvalue weighted by Gasteiger charge is 2.23. The van der Waals surface area contributed by atoms with E-state index in [1.165, 1.54) is 16.5 Å². The van der Waals surface area contributed by atoms with Crippen molar-refractivity contribution in [3.05, 3.63) is 53.6 Å². The summed E-state index contributed by atoms with van der Waals surface area (Å²) < 4.78 is 0.